The summed E-state index contributed by atoms with van der Waals surface area (Å²) in [7, 11) is 0. The Morgan fingerprint density at radius 2 is 2.56 bits per heavy atom. The normalized spacial score (nSPS) is 11.8. The molecule has 2 nitrogen and oxygen atoms in total. The molecule has 2 aromatic rings. The molecule has 0 N–H and O–H groups in total. The van der Waals surface area contributed by atoms with Gasteiger partial charge >= 0.3 is 0 Å². The Labute approximate surface area is 54.2 Å². The molecule has 0 aromatic carbocycles. The first-order chi connectivity index (χ1) is 4.88. The van der Waals surface area contributed by atoms with E-state index in [1.54, 1.807) is 4.40 Å². The summed E-state index contributed by atoms with van der Waals surface area (Å²) >= 11 is 0. The van der Waals surface area contributed by atoms with Gasteiger partial charge in [-0.1, -0.05) is 6.07 Å². The number of pyridine rings is 1. The summed E-state index contributed by atoms with van der Waals surface area (Å²) in [5.41, 5.74) is 0.826. The van der Waals surface area contributed by atoms with Crippen molar-refractivity contribution in [1.82, 2.24) is 9.38 Å². The molecule has 0 radical (unpaired) electrons. The zero-order valence-electron chi connectivity index (χ0n) is 5.78. The molecular weight excluding hydrogens is 112 g/mol. The quantitative estimate of drug-likeness (QED) is 0.511. The fraction of sp³-hybridized carbons (Fsp3) is 0. The van der Waals surface area contributed by atoms with Crippen LogP contribution in [0.25, 0.3) is 5.65 Å². The molecule has 2 aromatic heterocycles. The average Bonchev–Trinajstić information content (AvgIpc) is 2.34. The minimum Gasteiger partial charge on any atom is -0.307 e. The monoisotopic (exact) mass is 119 g/mol. The van der Waals surface area contributed by atoms with E-state index in [2.05, 4.69) is 4.98 Å². The van der Waals surface area contributed by atoms with Gasteiger partial charge in [0.05, 0.1) is 1.37 Å². The van der Waals surface area contributed by atoms with E-state index in [0.717, 1.165) is 5.65 Å². The van der Waals surface area contributed by atoms with Gasteiger partial charge in [-0.05, 0) is 12.1 Å². The zero-order chi connectivity index (χ0) is 6.97. The second kappa shape index (κ2) is 1.58. The van der Waals surface area contributed by atoms with E-state index in [9.17, 15) is 0 Å². The number of hydrogen-bond donors (Lipinski definition) is 0. The molecule has 44 valence electrons. The number of fused-ring (bicyclic) bond motifs is 1. The predicted octanol–water partition coefficient (Wildman–Crippen LogP) is 1.33. The number of aromatic nitrogens is 2. The van der Waals surface area contributed by atoms with Gasteiger partial charge in [-0.25, -0.2) is 4.98 Å². The van der Waals surface area contributed by atoms with Gasteiger partial charge in [-0.3, -0.25) is 0 Å². The van der Waals surface area contributed by atoms with E-state index in [1.807, 2.05) is 24.4 Å². The summed E-state index contributed by atoms with van der Waals surface area (Å²) in [4.78, 5) is 3.99. The van der Waals surface area contributed by atoms with Gasteiger partial charge in [-0.2, -0.15) is 0 Å². The van der Waals surface area contributed by atoms with Gasteiger partial charge < -0.3 is 4.40 Å². The summed E-state index contributed by atoms with van der Waals surface area (Å²) < 4.78 is 9.07. The summed E-state index contributed by atoms with van der Waals surface area (Å²) in [6.45, 7) is 0. The molecule has 0 amide bonds. The van der Waals surface area contributed by atoms with Crippen molar-refractivity contribution in [2.24, 2.45) is 0 Å². The van der Waals surface area contributed by atoms with Crippen LogP contribution in [-0.4, -0.2) is 9.38 Å². The van der Waals surface area contributed by atoms with Crippen molar-refractivity contribution in [2.75, 3.05) is 0 Å². The van der Waals surface area contributed by atoms with E-state index in [1.165, 1.54) is 6.20 Å². The van der Waals surface area contributed by atoms with Crippen molar-refractivity contribution in [3.05, 3.63) is 36.8 Å². The van der Waals surface area contributed by atoms with Crippen LogP contribution < -0.4 is 0 Å². The van der Waals surface area contributed by atoms with Gasteiger partial charge in [0.2, 0.25) is 0 Å². The summed E-state index contributed by atoms with van der Waals surface area (Å²) in [5, 5.41) is 0. The Hall–Kier alpha value is -1.31. The lowest BCUT2D eigenvalue weighted by molar-refractivity contribution is 1.19. The van der Waals surface area contributed by atoms with Crippen molar-refractivity contribution in [3.8, 4) is 0 Å². The fourth-order valence-corrected chi connectivity index (χ4v) is 0.806. The Morgan fingerprint density at radius 3 is 3.44 bits per heavy atom. The molecule has 2 heteroatoms. The third-order valence-electron chi connectivity index (χ3n) is 1.23. The second-order valence-electron chi connectivity index (χ2n) is 1.82. The maximum absolute atomic E-state index is 7.34. The lowest BCUT2D eigenvalue weighted by atomic mass is 10.5. The molecule has 0 spiro atoms. The zero-order valence-corrected chi connectivity index (χ0v) is 4.78. The molecule has 9 heavy (non-hydrogen) atoms. The molecule has 0 bridgehead atoms. The molecule has 0 aliphatic rings. The number of imidazole rings is 1. The van der Waals surface area contributed by atoms with E-state index in [-0.39, 0.29) is 0 Å². The predicted molar refractivity (Wildman–Crippen MR) is 35.2 cm³/mol. The van der Waals surface area contributed by atoms with Crippen molar-refractivity contribution in [3.63, 3.8) is 0 Å². The van der Waals surface area contributed by atoms with Gasteiger partial charge in [0.25, 0.3) is 0 Å². The van der Waals surface area contributed by atoms with Gasteiger partial charge in [0, 0.05) is 18.6 Å². The summed E-state index contributed by atoms with van der Waals surface area (Å²) in [6, 6.07) is 5.66. The van der Waals surface area contributed by atoms with Crippen molar-refractivity contribution < 1.29 is 1.37 Å². The SMILES string of the molecule is [2H]c1cnc2ccccn12. The Bertz CT molecular complexity index is 353. The third kappa shape index (κ3) is 0.598. The van der Waals surface area contributed by atoms with Crippen LogP contribution in [0.5, 0.6) is 0 Å². The summed E-state index contributed by atoms with van der Waals surface area (Å²) in [6.07, 6.45) is 3.79. The molecule has 0 saturated heterocycles. The van der Waals surface area contributed by atoms with Gasteiger partial charge in [0.15, 0.2) is 0 Å². The van der Waals surface area contributed by atoms with Gasteiger partial charge in [-0.15, -0.1) is 0 Å². The maximum Gasteiger partial charge on any atom is 0.136 e. The van der Waals surface area contributed by atoms with Crippen LogP contribution in [0.1, 0.15) is 1.37 Å². The van der Waals surface area contributed by atoms with E-state index in [4.69, 9.17) is 1.37 Å². The number of nitrogens with zero attached hydrogens (tertiary/aromatic N) is 2. The van der Waals surface area contributed by atoms with Crippen LogP contribution in [0.4, 0.5) is 0 Å². The van der Waals surface area contributed by atoms with Gasteiger partial charge in [0.1, 0.15) is 5.65 Å². The van der Waals surface area contributed by atoms with Crippen molar-refractivity contribution in [2.45, 2.75) is 0 Å². The molecule has 0 saturated carbocycles. The standard InChI is InChI=1S/C7H6N2/c1-2-5-9-6-4-8-7(9)3-1/h1-6H/i6D. The van der Waals surface area contributed by atoms with Crippen LogP contribution in [0.3, 0.4) is 0 Å². The first-order valence-corrected chi connectivity index (χ1v) is 2.76. The molecule has 0 aliphatic heterocycles. The highest BCUT2D eigenvalue weighted by Crippen LogP contribution is 1.96. The van der Waals surface area contributed by atoms with E-state index in [0.29, 0.717) is 6.17 Å². The van der Waals surface area contributed by atoms with E-state index >= 15 is 0 Å². The lowest BCUT2D eigenvalue weighted by Gasteiger charge is -1.86. The minimum atomic E-state index is 0.426. The first kappa shape index (κ1) is 3.67. The van der Waals surface area contributed by atoms with Crippen LogP contribution in [-0.2, 0) is 0 Å². The Morgan fingerprint density at radius 1 is 1.56 bits per heavy atom. The van der Waals surface area contributed by atoms with Crippen LogP contribution in [0.15, 0.2) is 36.8 Å². The summed E-state index contributed by atoms with van der Waals surface area (Å²) in [5.74, 6) is 0. The minimum absolute atomic E-state index is 0.426. The highest BCUT2D eigenvalue weighted by atomic mass is 15.0. The van der Waals surface area contributed by atoms with Crippen LogP contribution >= 0.6 is 0 Å². The van der Waals surface area contributed by atoms with Crippen molar-refractivity contribution in [1.29, 1.82) is 0 Å². The molecule has 0 unspecified atom stereocenters. The molecular formula is C7H6N2. The highest BCUT2D eigenvalue weighted by Gasteiger charge is 1.85. The molecule has 2 heterocycles. The van der Waals surface area contributed by atoms with Crippen molar-refractivity contribution >= 4 is 5.65 Å². The third-order valence-corrected chi connectivity index (χ3v) is 1.23. The smallest absolute Gasteiger partial charge is 0.136 e. The second-order valence-corrected chi connectivity index (χ2v) is 1.82. The molecule has 2 rings (SSSR count). The molecule has 0 atom stereocenters. The number of rotatable bonds is 0. The lowest BCUT2D eigenvalue weighted by Crippen LogP contribution is -1.77. The fourth-order valence-electron chi connectivity index (χ4n) is 0.806. The maximum atomic E-state index is 7.34. The van der Waals surface area contributed by atoms with Crippen LogP contribution in [0, 0.1) is 0 Å². The average molecular weight is 119 g/mol. The highest BCUT2D eigenvalue weighted by molar-refractivity contribution is 5.36. The largest absolute Gasteiger partial charge is 0.307 e. The van der Waals surface area contributed by atoms with Crippen LogP contribution in [0.2, 0.25) is 0 Å². The molecule has 0 aliphatic carbocycles. The Kier molecular flexibility index (Phi) is 0.646. The topological polar surface area (TPSA) is 17.3 Å². The first-order valence-electron chi connectivity index (χ1n) is 3.26. The number of hydrogen-bond acceptors (Lipinski definition) is 1. The van der Waals surface area contributed by atoms with E-state index < -0.39 is 0 Å². The Balaban J connectivity index is 2.93. The molecule has 0 fully saturated rings.